The summed E-state index contributed by atoms with van der Waals surface area (Å²) in [5.41, 5.74) is -0.957. The quantitative estimate of drug-likeness (QED) is 0.628. The van der Waals surface area contributed by atoms with E-state index >= 15 is 0 Å². The van der Waals surface area contributed by atoms with Gasteiger partial charge in [-0.25, -0.2) is 4.39 Å². The molecule has 0 saturated heterocycles. The second-order valence-corrected chi connectivity index (χ2v) is 4.51. The Hall–Kier alpha value is -2.17. The minimum absolute atomic E-state index is 0.0929. The lowest BCUT2D eigenvalue weighted by Crippen LogP contribution is -2.40. The van der Waals surface area contributed by atoms with E-state index in [4.69, 9.17) is 0 Å². The first-order chi connectivity index (χ1) is 9.10. The van der Waals surface area contributed by atoms with E-state index in [1.807, 2.05) is 0 Å². The Balaban J connectivity index is 2.06. The van der Waals surface area contributed by atoms with Gasteiger partial charge in [-0.15, -0.1) is 6.58 Å². The molecule has 2 amide bonds. The molecule has 0 aromatic heterocycles. The standard InChI is InChI=1S/C14H15FN2O2/c1-2-9-16-12(18)14(7-8-14)13(19)17-11-6-4-3-5-10(11)15/h2-6H,1,7-9H2,(H,16,18)(H,17,19). The molecule has 1 aromatic carbocycles. The third-order valence-corrected chi connectivity index (χ3v) is 3.15. The van der Waals surface area contributed by atoms with Crippen LogP contribution in [-0.4, -0.2) is 18.4 Å². The minimum Gasteiger partial charge on any atom is -0.352 e. The zero-order valence-electron chi connectivity index (χ0n) is 10.4. The SMILES string of the molecule is C=CCNC(=O)C1(C(=O)Nc2ccccc2F)CC1. The Kier molecular flexibility index (Phi) is 3.64. The number of anilines is 1. The van der Waals surface area contributed by atoms with Gasteiger partial charge in [0.25, 0.3) is 0 Å². The summed E-state index contributed by atoms with van der Waals surface area (Å²) in [6.07, 6.45) is 2.51. The highest BCUT2D eigenvalue weighted by Gasteiger charge is 2.56. The van der Waals surface area contributed by atoms with Gasteiger partial charge in [0.15, 0.2) is 0 Å². The molecule has 0 atom stereocenters. The molecule has 0 heterocycles. The Bertz CT molecular complexity index is 524. The fraction of sp³-hybridized carbons (Fsp3) is 0.286. The van der Waals surface area contributed by atoms with Crippen LogP contribution in [0.1, 0.15) is 12.8 Å². The molecule has 1 aliphatic rings. The summed E-state index contributed by atoms with van der Waals surface area (Å²) in [5.74, 6) is -1.31. The summed E-state index contributed by atoms with van der Waals surface area (Å²) in [4.78, 5) is 24.0. The van der Waals surface area contributed by atoms with Crippen molar-refractivity contribution in [3.63, 3.8) is 0 Å². The molecule has 2 rings (SSSR count). The maximum atomic E-state index is 13.4. The van der Waals surface area contributed by atoms with Crippen LogP contribution in [0.25, 0.3) is 0 Å². The van der Waals surface area contributed by atoms with Gasteiger partial charge in [-0.3, -0.25) is 9.59 Å². The highest BCUT2D eigenvalue weighted by atomic mass is 19.1. The summed E-state index contributed by atoms with van der Waals surface area (Å²) >= 11 is 0. The van der Waals surface area contributed by atoms with Gasteiger partial charge in [-0.2, -0.15) is 0 Å². The Morgan fingerprint density at radius 1 is 1.32 bits per heavy atom. The van der Waals surface area contributed by atoms with Crippen LogP contribution in [0, 0.1) is 11.2 Å². The molecular weight excluding hydrogens is 247 g/mol. The lowest BCUT2D eigenvalue weighted by molar-refractivity contribution is -0.134. The maximum absolute atomic E-state index is 13.4. The highest BCUT2D eigenvalue weighted by Crippen LogP contribution is 2.46. The van der Waals surface area contributed by atoms with Crippen LogP contribution in [-0.2, 0) is 9.59 Å². The Labute approximate surface area is 110 Å². The van der Waals surface area contributed by atoms with E-state index in [0.29, 0.717) is 19.4 Å². The van der Waals surface area contributed by atoms with Crippen LogP contribution >= 0.6 is 0 Å². The number of nitrogens with one attached hydrogen (secondary N) is 2. The van der Waals surface area contributed by atoms with Crippen molar-refractivity contribution in [2.24, 2.45) is 5.41 Å². The first kappa shape index (κ1) is 13.3. The highest BCUT2D eigenvalue weighted by molar-refractivity contribution is 6.13. The number of carbonyl (C=O) groups excluding carboxylic acids is 2. The summed E-state index contributed by atoms with van der Waals surface area (Å²) in [7, 11) is 0. The Morgan fingerprint density at radius 3 is 2.58 bits per heavy atom. The maximum Gasteiger partial charge on any atom is 0.240 e. The summed E-state index contributed by atoms with van der Waals surface area (Å²) in [6, 6.07) is 5.88. The predicted molar refractivity (Wildman–Crippen MR) is 69.9 cm³/mol. The monoisotopic (exact) mass is 262 g/mol. The van der Waals surface area contributed by atoms with Gasteiger partial charge >= 0.3 is 0 Å². The summed E-state index contributed by atoms with van der Waals surface area (Å²) in [5, 5.41) is 5.07. The molecule has 2 N–H and O–H groups in total. The number of amides is 2. The van der Waals surface area contributed by atoms with E-state index in [0.717, 1.165) is 0 Å². The van der Waals surface area contributed by atoms with Gasteiger partial charge in [0.1, 0.15) is 11.2 Å². The zero-order valence-corrected chi connectivity index (χ0v) is 10.4. The predicted octanol–water partition coefficient (Wildman–Crippen LogP) is 1.85. The van der Waals surface area contributed by atoms with Crippen LogP contribution in [0.15, 0.2) is 36.9 Å². The topological polar surface area (TPSA) is 58.2 Å². The first-order valence-corrected chi connectivity index (χ1v) is 6.05. The third-order valence-electron chi connectivity index (χ3n) is 3.15. The number of para-hydroxylation sites is 1. The molecule has 1 fully saturated rings. The van der Waals surface area contributed by atoms with E-state index in [1.165, 1.54) is 18.2 Å². The average molecular weight is 262 g/mol. The molecule has 1 saturated carbocycles. The number of hydrogen-bond donors (Lipinski definition) is 2. The molecule has 0 radical (unpaired) electrons. The van der Waals surface area contributed by atoms with Crippen molar-refractivity contribution in [1.29, 1.82) is 0 Å². The smallest absolute Gasteiger partial charge is 0.240 e. The molecule has 0 bridgehead atoms. The van der Waals surface area contributed by atoms with Crippen LogP contribution < -0.4 is 10.6 Å². The minimum atomic E-state index is -1.05. The normalized spacial score (nSPS) is 15.4. The van der Waals surface area contributed by atoms with Crippen molar-refractivity contribution in [2.45, 2.75) is 12.8 Å². The van der Waals surface area contributed by atoms with Gasteiger partial charge in [0, 0.05) is 6.54 Å². The fourth-order valence-electron chi connectivity index (χ4n) is 1.82. The molecule has 4 nitrogen and oxygen atoms in total. The van der Waals surface area contributed by atoms with Crippen molar-refractivity contribution >= 4 is 17.5 Å². The van der Waals surface area contributed by atoms with E-state index in [-0.39, 0.29) is 11.6 Å². The molecule has 1 aliphatic carbocycles. The molecule has 100 valence electrons. The number of carbonyl (C=O) groups is 2. The van der Waals surface area contributed by atoms with Crippen LogP contribution in [0.4, 0.5) is 10.1 Å². The Morgan fingerprint density at radius 2 is 2.00 bits per heavy atom. The second kappa shape index (κ2) is 5.22. The number of benzene rings is 1. The number of hydrogen-bond acceptors (Lipinski definition) is 2. The largest absolute Gasteiger partial charge is 0.352 e. The zero-order chi connectivity index (χ0) is 13.9. The lowest BCUT2D eigenvalue weighted by Gasteiger charge is -2.15. The van der Waals surface area contributed by atoms with Crippen LogP contribution in [0.5, 0.6) is 0 Å². The molecule has 0 aliphatic heterocycles. The molecule has 19 heavy (non-hydrogen) atoms. The summed E-state index contributed by atoms with van der Waals surface area (Å²) in [6.45, 7) is 3.81. The van der Waals surface area contributed by atoms with Crippen molar-refractivity contribution in [3.8, 4) is 0 Å². The van der Waals surface area contributed by atoms with Crippen LogP contribution in [0.3, 0.4) is 0 Å². The molecule has 1 aromatic rings. The van der Waals surface area contributed by atoms with Gasteiger partial charge in [0.05, 0.1) is 5.69 Å². The van der Waals surface area contributed by atoms with Crippen molar-refractivity contribution in [2.75, 3.05) is 11.9 Å². The number of rotatable bonds is 5. The van der Waals surface area contributed by atoms with E-state index in [9.17, 15) is 14.0 Å². The molecule has 5 heteroatoms. The van der Waals surface area contributed by atoms with Gasteiger partial charge in [-0.1, -0.05) is 18.2 Å². The van der Waals surface area contributed by atoms with Gasteiger partial charge < -0.3 is 10.6 Å². The molecule has 0 spiro atoms. The van der Waals surface area contributed by atoms with E-state index < -0.39 is 17.1 Å². The fourth-order valence-corrected chi connectivity index (χ4v) is 1.82. The second-order valence-electron chi connectivity index (χ2n) is 4.51. The first-order valence-electron chi connectivity index (χ1n) is 6.05. The average Bonchev–Trinajstić information content (AvgIpc) is 3.20. The van der Waals surface area contributed by atoms with Crippen molar-refractivity contribution < 1.29 is 14.0 Å². The lowest BCUT2D eigenvalue weighted by atomic mass is 10.1. The third kappa shape index (κ3) is 2.65. The molecular formula is C14H15FN2O2. The van der Waals surface area contributed by atoms with Crippen molar-refractivity contribution in [3.05, 3.63) is 42.7 Å². The number of halogens is 1. The van der Waals surface area contributed by atoms with E-state index in [1.54, 1.807) is 12.1 Å². The van der Waals surface area contributed by atoms with E-state index in [2.05, 4.69) is 17.2 Å². The van der Waals surface area contributed by atoms with Crippen LogP contribution in [0.2, 0.25) is 0 Å². The molecule has 0 unspecified atom stereocenters. The van der Waals surface area contributed by atoms with Gasteiger partial charge in [0.2, 0.25) is 11.8 Å². The van der Waals surface area contributed by atoms with Gasteiger partial charge in [-0.05, 0) is 25.0 Å². The van der Waals surface area contributed by atoms with Crippen molar-refractivity contribution in [1.82, 2.24) is 5.32 Å². The summed E-state index contributed by atoms with van der Waals surface area (Å²) < 4.78 is 13.4.